The average molecular weight is 342 g/mol. The molecule has 0 saturated carbocycles. The summed E-state index contributed by atoms with van der Waals surface area (Å²) in [6.45, 7) is 4.93. The molecule has 4 heterocycles. The summed E-state index contributed by atoms with van der Waals surface area (Å²) in [6, 6.07) is 4.42. The van der Waals surface area contributed by atoms with E-state index in [4.69, 9.17) is 10.2 Å². The summed E-state index contributed by atoms with van der Waals surface area (Å²) < 4.78 is 5.45. The Hall–Kier alpha value is -2.12. The number of hydrogen-bond donors (Lipinski definition) is 3. The van der Waals surface area contributed by atoms with Crippen molar-refractivity contribution in [2.45, 2.75) is 38.3 Å². The van der Waals surface area contributed by atoms with Crippen LogP contribution < -0.4 is 16.4 Å². The van der Waals surface area contributed by atoms with E-state index in [1.165, 1.54) is 5.56 Å². The fourth-order valence-electron chi connectivity index (χ4n) is 3.74. The largest absolute Gasteiger partial charge is 0.468 e. The van der Waals surface area contributed by atoms with Crippen LogP contribution in [0.25, 0.3) is 0 Å². The molecule has 0 spiro atoms. The molecule has 4 rings (SSSR count). The lowest BCUT2D eigenvalue weighted by molar-refractivity contribution is 0.196. The van der Waals surface area contributed by atoms with Crippen molar-refractivity contribution in [3.63, 3.8) is 0 Å². The number of furan rings is 1. The molecular weight excluding hydrogens is 316 g/mol. The highest BCUT2D eigenvalue weighted by molar-refractivity contribution is 5.51. The number of fused-ring (bicyclic) bond motifs is 1. The SMILES string of the molecule is Nc1nc2c(c(NC3CCN(Cc4ccco4)CC3)n1)CCNCC2. The Bertz CT molecular complexity index is 694. The molecule has 1 fully saturated rings. The lowest BCUT2D eigenvalue weighted by Gasteiger charge is -2.32. The van der Waals surface area contributed by atoms with E-state index in [2.05, 4.69) is 25.5 Å². The number of hydrogen-bond acceptors (Lipinski definition) is 7. The van der Waals surface area contributed by atoms with Gasteiger partial charge in [0.05, 0.1) is 18.5 Å². The molecule has 2 aromatic rings. The van der Waals surface area contributed by atoms with E-state index < -0.39 is 0 Å². The molecule has 0 aromatic carbocycles. The Balaban J connectivity index is 1.39. The molecule has 2 aliphatic heterocycles. The molecule has 25 heavy (non-hydrogen) atoms. The zero-order valence-electron chi connectivity index (χ0n) is 14.5. The number of anilines is 2. The first-order valence-corrected chi connectivity index (χ1v) is 9.15. The van der Waals surface area contributed by atoms with Crippen LogP contribution in [0.5, 0.6) is 0 Å². The second kappa shape index (κ2) is 7.41. The molecule has 7 nitrogen and oxygen atoms in total. The van der Waals surface area contributed by atoms with Gasteiger partial charge in [0.25, 0.3) is 0 Å². The van der Waals surface area contributed by atoms with Gasteiger partial charge in [0.15, 0.2) is 0 Å². The molecule has 2 aliphatic rings. The quantitative estimate of drug-likeness (QED) is 0.774. The van der Waals surface area contributed by atoms with Crippen molar-refractivity contribution in [2.75, 3.05) is 37.2 Å². The molecule has 1 saturated heterocycles. The minimum atomic E-state index is 0.374. The van der Waals surface area contributed by atoms with Gasteiger partial charge in [-0.25, -0.2) is 4.98 Å². The highest BCUT2D eigenvalue weighted by atomic mass is 16.3. The van der Waals surface area contributed by atoms with Gasteiger partial charge in [-0.2, -0.15) is 4.98 Å². The number of nitrogens with one attached hydrogen (secondary N) is 2. The number of aromatic nitrogens is 2. The summed E-state index contributed by atoms with van der Waals surface area (Å²) in [5.41, 5.74) is 8.26. The third kappa shape index (κ3) is 3.93. The van der Waals surface area contributed by atoms with Crippen molar-refractivity contribution >= 4 is 11.8 Å². The predicted octanol–water partition coefficient (Wildman–Crippen LogP) is 1.42. The molecule has 4 N–H and O–H groups in total. The normalized spacial score (nSPS) is 19.4. The first-order chi connectivity index (χ1) is 12.3. The summed E-state index contributed by atoms with van der Waals surface area (Å²) in [6.07, 6.45) is 5.80. The summed E-state index contributed by atoms with van der Waals surface area (Å²) in [4.78, 5) is 11.4. The second-order valence-corrected chi connectivity index (χ2v) is 6.88. The van der Waals surface area contributed by atoms with Crippen molar-refractivity contribution in [1.82, 2.24) is 20.2 Å². The van der Waals surface area contributed by atoms with Gasteiger partial charge in [-0.05, 0) is 37.9 Å². The second-order valence-electron chi connectivity index (χ2n) is 6.88. The van der Waals surface area contributed by atoms with Gasteiger partial charge in [-0.15, -0.1) is 0 Å². The van der Waals surface area contributed by atoms with Crippen LogP contribution in [0.3, 0.4) is 0 Å². The number of nitrogens with zero attached hydrogens (tertiary/aromatic N) is 3. The van der Waals surface area contributed by atoms with Gasteiger partial charge in [0.1, 0.15) is 11.6 Å². The van der Waals surface area contributed by atoms with Gasteiger partial charge in [-0.3, -0.25) is 4.90 Å². The van der Waals surface area contributed by atoms with Crippen molar-refractivity contribution < 1.29 is 4.42 Å². The smallest absolute Gasteiger partial charge is 0.222 e. The molecular formula is C18H26N6O. The fourth-order valence-corrected chi connectivity index (χ4v) is 3.74. The zero-order valence-corrected chi connectivity index (χ0v) is 14.5. The van der Waals surface area contributed by atoms with Gasteiger partial charge in [-0.1, -0.05) is 0 Å². The fraction of sp³-hybridized carbons (Fsp3) is 0.556. The molecule has 7 heteroatoms. The van der Waals surface area contributed by atoms with Gasteiger partial charge in [0.2, 0.25) is 5.95 Å². The Kier molecular flexibility index (Phi) is 4.85. The molecule has 0 bridgehead atoms. The monoisotopic (exact) mass is 342 g/mol. The third-order valence-electron chi connectivity index (χ3n) is 5.09. The van der Waals surface area contributed by atoms with E-state index in [0.717, 1.165) is 75.7 Å². The lowest BCUT2D eigenvalue weighted by Crippen LogP contribution is -2.39. The molecule has 0 radical (unpaired) electrons. The van der Waals surface area contributed by atoms with E-state index >= 15 is 0 Å². The first kappa shape index (κ1) is 16.4. The molecule has 0 aliphatic carbocycles. The maximum Gasteiger partial charge on any atom is 0.222 e. The number of nitrogens with two attached hydrogens (primary N) is 1. The van der Waals surface area contributed by atoms with Crippen LogP contribution in [-0.4, -0.2) is 47.1 Å². The van der Waals surface area contributed by atoms with E-state index in [1.807, 2.05) is 12.1 Å². The van der Waals surface area contributed by atoms with Gasteiger partial charge >= 0.3 is 0 Å². The van der Waals surface area contributed by atoms with Crippen LogP contribution in [0.1, 0.15) is 29.9 Å². The van der Waals surface area contributed by atoms with Crippen LogP contribution >= 0.6 is 0 Å². The molecule has 0 atom stereocenters. The minimum absolute atomic E-state index is 0.374. The summed E-state index contributed by atoms with van der Waals surface area (Å²) in [7, 11) is 0. The number of rotatable bonds is 4. The molecule has 134 valence electrons. The topological polar surface area (TPSA) is 92.2 Å². The van der Waals surface area contributed by atoms with E-state index in [-0.39, 0.29) is 0 Å². The molecule has 2 aromatic heterocycles. The highest BCUT2D eigenvalue weighted by Crippen LogP contribution is 2.24. The first-order valence-electron chi connectivity index (χ1n) is 9.15. The molecule has 0 amide bonds. The highest BCUT2D eigenvalue weighted by Gasteiger charge is 2.23. The number of likely N-dealkylation sites (tertiary alicyclic amines) is 1. The Morgan fingerprint density at radius 3 is 2.88 bits per heavy atom. The van der Waals surface area contributed by atoms with Crippen LogP contribution in [0.2, 0.25) is 0 Å². The van der Waals surface area contributed by atoms with Crippen LogP contribution in [-0.2, 0) is 19.4 Å². The van der Waals surface area contributed by atoms with E-state index in [0.29, 0.717) is 12.0 Å². The van der Waals surface area contributed by atoms with Gasteiger partial charge < -0.3 is 20.8 Å². The van der Waals surface area contributed by atoms with Crippen LogP contribution in [0.15, 0.2) is 22.8 Å². The Morgan fingerprint density at radius 1 is 1.24 bits per heavy atom. The maximum atomic E-state index is 5.94. The van der Waals surface area contributed by atoms with Crippen molar-refractivity contribution in [3.8, 4) is 0 Å². The predicted molar refractivity (Wildman–Crippen MR) is 97.4 cm³/mol. The Morgan fingerprint density at radius 2 is 2.08 bits per heavy atom. The average Bonchev–Trinajstić information content (AvgIpc) is 3.00. The third-order valence-corrected chi connectivity index (χ3v) is 5.09. The van der Waals surface area contributed by atoms with Crippen LogP contribution in [0.4, 0.5) is 11.8 Å². The van der Waals surface area contributed by atoms with Gasteiger partial charge in [0, 0.05) is 37.7 Å². The van der Waals surface area contributed by atoms with Crippen molar-refractivity contribution in [1.29, 1.82) is 0 Å². The molecule has 0 unspecified atom stereocenters. The number of piperidine rings is 1. The van der Waals surface area contributed by atoms with E-state index in [9.17, 15) is 0 Å². The Labute approximate surface area is 148 Å². The standard InChI is InChI=1S/C18H26N6O/c19-18-22-16-4-8-20-7-3-15(16)17(23-18)21-13-5-9-24(10-6-13)12-14-2-1-11-25-14/h1-2,11,13,20H,3-10,12H2,(H3,19,21,22,23). The maximum absolute atomic E-state index is 5.94. The van der Waals surface area contributed by atoms with Crippen molar-refractivity contribution in [2.24, 2.45) is 0 Å². The lowest BCUT2D eigenvalue weighted by atomic mass is 10.0. The summed E-state index contributed by atoms with van der Waals surface area (Å²) in [5, 5.41) is 7.07. The summed E-state index contributed by atoms with van der Waals surface area (Å²) in [5.74, 6) is 2.35. The minimum Gasteiger partial charge on any atom is -0.468 e. The van der Waals surface area contributed by atoms with Crippen LogP contribution in [0, 0.1) is 0 Å². The van der Waals surface area contributed by atoms with E-state index in [1.54, 1.807) is 6.26 Å². The van der Waals surface area contributed by atoms with Crippen molar-refractivity contribution in [3.05, 3.63) is 35.4 Å². The zero-order chi connectivity index (χ0) is 17.1. The summed E-state index contributed by atoms with van der Waals surface area (Å²) >= 11 is 0. The number of nitrogen functional groups attached to an aromatic ring is 1.